The Balaban J connectivity index is 1.66. The first kappa shape index (κ1) is 21.8. The van der Waals surface area contributed by atoms with Crippen LogP contribution in [-0.4, -0.2) is 12.1 Å². The van der Waals surface area contributed by atoms with Crippen molar-refractivity contribution in [2.45, 2.75) is 6.61 Å². The quantitative estimate of drug-likeness (QED) is 0.185. The summed E-state index contributed by atoms with van der Waals surface area (Å²) in [7, 11) is 0. The van der Waals surface area contributed by atoms with Gasteiger partial charge in [0.05, 0.1) is 18.2 Å². The normalized spacial score (nSPS) is 11.0. The van der Waals surface area contributed by atoms with E-state index in [9.17, 15) is 4.79 Å². The maximum absolute atomic E-state index is 11.9. The van der Waals surface area contributed by atoms with Gasteiger partial charge >= 0.3 is 0 Å². The lowest BCUT2D eigenvalue weighted by molar-refractivity contribution is 0.0959. The topological polar surface area (TPSA) is 50.7 Å². The highest BCUT2D eigenvalue weighted by Crippen LogP contribution is 2.30. The van der Waals surface area contributed by atoms with Gasteiger partial charge in [-0.2, -0.15) is 5.10 Å². The van der Waals surface area contributed by atoms with Gasteiger partial charge in [0.15, 0.2) is 0 Å². The Bertz CT molecular complexity index is 1000. The number of thiophene rings is 1. The van der Waals surface area contributed by atoms with E-state index < -0.39 is 0 Å². The summed E-state index contributed by atoms with van der Waals surface area (Å²) >= 11 is 17.9. The molecule has 1 amide bonds. The third kappa shape index (κ3) is 5.82. The lowest BCUT2D eigenvalue weighted by Gasteiger charge is -2.12. The molecule has 0 aliphatic rings. The van der Waals surface area contributed by atoms with Gasteiger partial charge in [-0.25, -0.2) is 5.43 Å². The molecule has 0 saturated carbocycles. The molecule has 1 heterocycles. The lowest BCUT2D eigenvalue weighted by Crippen LogP contribution is -2.16. The second-order valence-corrected chi connectivity index (χ2v) is 9.63. The minimum absolute atomic E-state index is 0.226. The van der Waals surface area contributed by atoms with Crippen molar-refractivity contribution in [2.24, 2.45) is 5.10 Å². The summed E-state index contributed by atoms with van der Waals surface area (Å²) in [6.07, 6.45) is 1.61. The Labute approximate surface area is 203 Å². The predicted molar refractivity (Wildman–Crippen MR) is 132 cm³/mol. The maximum Gasteiger partial charge on any atom is 0.281 e. The highest BCUT2D eigenvalue weighted by Gasteiger charge is 2.10. The van der Waals surface area contributed by atoms with E-state index in [2.05, 4.69) is 55.7 Å². The van der Waals surface area contributed by atoms with Crippen molar-refractivity contribution < 1.29 is 9.53 Å². The van der Waals surface area contributed by atoms with Crippen LogP contribution < -0.4 is 10.2 Å². The fourth-order valence-electron chi connectivity index (χ4n) is 2.21. The summed E-state index contributed by atoms with van der Waals surface area (Å²) in [5.41, 5.74) is 4.24. The second kappa shape index (κ2) is 10.2. The molecule has 0 radical (unpaired) electrons. The lowest BCUT2D eigenvalue weighted by atomic mass is 10.2. The van der Waals surface area contributed by atoms with Crippen LogP contribution in [-0.2, 0) is 6.61 Å². The molecule has 1 N–H and O–H groups in total. The highest BCUT2D eigenvalue weighted by molar-refractivity contribution is 14.1. The third-order valence-corrected chi connectivity index (χ3v) is 6.59. The van der Waals surface area contributed by atoms with E-state index >= 15 is 0 Å². The van der Waals surface area contributed by atoms with E-state index in [1.54, 1.807) is 24.4 Å². The van der Waals surface area contributed by atoms with Crippen LogP contribution in [0.3, 0.4) is 0 Å². The number of rotatable bonds is 6. The SMILES string of the molecule is O=C(N/N=C\c1cc(I)c(OCc2ccc(Cl)cc2Cl)c(I)c1)c1cccs1. The van der Waals surface area contributed by atoms with Crippen molar-refractivity contribution in [3.05, 3.63) is 81.0 Å². The van der Waals surface area contributed by atoms with Gasteiger partial charge in [0.1, 0.15) is 12.4 Å². The molecule has 0 bridgehead atoms. The van der Waals surface area contributed by atoms with E-state index in [0.717, 1.165) is 24.0 Å². The van der Waals surface area contributed by atoms with Gasteiger partial charge in [-0.1, -0.05) is 35.3 Å². The molecular formula is C19H12Cl2I2N2O2S. The number of nitrogens with one attached hydrogen (secondary N) is 1. The molecule has 0 unspecified atom stereocenters. The van der Waals surface area contributed by atoms with E-state index in [4.69, 9.17) is 27.9 Å². The summed E-state index contributed by atoms with van der Waals surface area (Å²) in [5.74, 6) is 0.544. The van der Waals surface area contributed by atoms with Crippen LogP contribution in [0.4, 0.5) is 0 Å². The average Bonchev–Trinajstić information content (AvgIpc) is 3.17. The minimum atomic E-state index is -0.226. The summed E-state index contributed by atoms with van der Waals surface area (Å²) in [6.45, 7) is 0.340. The van der Waals surface area contributed by atoms with Crippen LogP contribution in [0.5, 0.6) is 5.75 Å². The molecular weight excluding hydrogens is 645 g/mol. The van der Waals surface area contributed by atoms with Crippen LogP contribution in [0.1, 0.15) is 20.8 Å². The molecule has 0 saturated heterocycles. The molecule has 0 atom stereocenters. The fraction of sp³-hybridized carbons (Fsp3) is 0.0526. The largest absolute Gasteiger partial charge is 0.487 e. The van der Waals surface area contributed by atoms with Crippen LogP contribution in [0.25, 0.3) is 0 Å². The van der Waals surface area contributed by atoms with E-state index in [-0.39, 0.29) is 5.91 Å². The number of hydrazone groups is 1. The number of carbonyl (C=O) groups is 1. The molecule has 0 fully saturated rings. The van der Waals surface area contributed by atoms with Crippen molar-refractivity contribution >= 4 is 91.8 Å². The van der Waals surface area contributed by atoms with Gasteiger partial charge in [-0.15, -0.1) is 11.3 Å². The van der Waals surface area contributed by atoms with Crippen molar-refractivity contribution in [3.8, 4) is 5.75 Å². The molecule has 3 rings (SSSR count). The molecule has 0 aliphatic carbocycles. The summed E-state index contributed by atoms with van der Waals surface area (Å²) in [6, 6.07) is 12.8. The molecule has 144 valence electrons. The summed E-state index contributed by atoms with van der Waals surface area (Å²) in [5, 5.41) is 7.04. The van der Waals surface area contributed by atoms with Crippen LogP contribution in [0.2, 0.25) is 10.0 Å². The summed E-state index contributed by atoms with van der Waals surface area (Å²) in [4.78, 5) is 12.5. The zero-order valence-electron chi connectivity index (χ0n) is 14.1. The van der Waals surface area contributed by atoms with E-state index in [0.29, 0.717) is 21.5 Å². The standard InChI is InChI=1S/C19H12Cl2I2N2O2S/c20-13-4-3-12(14(21)8-13)10-27-18-15(22)6-11(7-16(18)23)9-24-25-19(26)17-2-1-5-28-17/h1-9H,10H2,(H,25,26)/b24-9-. The van der Waals surface area contributed by atoms with Crippen molar-refractivity contribution in [1.82, 2.24) is 5.43 Å². The maximum atomic E-state index is 11.9. The molecule has 2 aromatic carbocycles. The number of nitrogens with zero attached hydrogens (tertiary/aromatic N) is 1. The number of halogens is 4. The fourth-order valence-corrected chi connectivity index (χ4v) is 5.41. The Hall–Kier alpha value is -0.880. The van der Waals surface area contributed by atoms with Crippen molar-refractivity contribution in [2.75, 3.05) is 0 Å². The second-order valence-electron chi connectivity index (χ2n) is 5.51. The highest BCUT2D eigenvalue weighted by atomic mass is 127. The van der Waals surface area contributed by atoms with Crippen molar-refractivity contribution in [3.63, 3.8) is 0 Å². The monoisotopic (exact) mass is 656 g/mol. The Kier molecular flexibility index (Phi) is 7.98. The van der Waals surface area contributed by atoms with Crippen molar-refractivity contribution in [1.29, 1.82) is 0 Å². The predicted octanol–water partition coefficient (Wildman–Crippen LogP) is 6.61. The van der Waals surface area contributed by atoms with Gasteiger partial charge in [-0.3, -0.25) is 4.79 Å². The first-order valence-electron chi connectivity index (χ1n) is 7.86. The number of amides is 1. The zero-order valence-corrected chi connectivity index (χ0v) is 20.7. The Morgan fingerprint density at radius 2 is 1.93 bits per heavy atom. The van der Waals surface area contributed by atoms with Crippen LogP contribution in [0.15, 0.2) is 52.9 Å². The van der Waals surface area contributed by atoms with Gasteiger partial charge < -0.3 is 4.74 Å². The van der Waals surface area contributed by atoms with Gasteiger partial charge in [0.2, 0.25) is 0 Å². The van der Waals surface area contributed by atoms with Crippen LogP contribution >= 0.6 is 79.7 Å². The number of ether oxygens (including phenoxy) is 1. The average molecular weight is 657 g/mol. The smallest absolute Gasteiger partial charge is 0.281 e. The molecule has 3 aromatic rings. The number of hydrogen-bond acceptors (Lipinski definition) is 4. The van der Waals surface area contributed by atoms with Gasteiger partial charge in [0.25, 0.3) is 5.91 Å². The third-order valence-electron chi connectivity index (χ3n) is 3.53. The van der Waals surface area contributed by atoms with Gasteiger partial charge in [0, 0.05) is 15.6 Å². The molecule has 1 aromatic heterocycles. The summed E-state index contributed by atoms with van der Waals surface area (Å²) < 4.78 is 7.83. The van der Waals surface area contributed by atoms with E-state index in [1.807, 2.05) is 29.6 Å². The number of hydrogen-bond donors (Lipinski definition) is 1. The molecule has 9 heteroatoms. The van der Waals surface area contributed by atoms with Gasteiger partial charge in [-0.05, 0) is 86.5 Å². The number of carbonyl (C=O) groups excluding carboxylic acids is 1. The van der Waals surface area contributed by atoms with Crippen LogP contribution in [0, 0.1) is 7.14 Å². The first-order valence-corrected chi connectivity index (χ1v) is 11.7. The molecule has 28 heavy (non-hydrogen) atoms. The molecule has 0 aliphatic heterocycles. The Morgan fingerprint density at radius 1 is 1.18 bits per heavy atom. The van der Waals surface area contributed by atoms with E-state index in [1.165, 1.54) is 11.3 Å². The molecule has 0 spiro atoms. The molecule has 4 nitrogen and oxygen atoms in total. The number of benzene rings is 2. The first-order chi connectivity index (χ1) is 13.4. The minimum Gasteiger partial charge on any atom is -0.487 e. The zero-order chi connectivity index (χ0) is 20.1. The Morgan fingerprint density at radius 3 is 2.57 bits per heavy atom.